The molecule has 0 heterocycles. The highest BCUT2D eigenvalue weighted by molar-refractivity contribution is 6.99. The van der Waals surface area contributed by atoms with Gasteiger partial charge in [-0.2, -0.15) is 0 Å². The SMILES string of the molecule is CCC(C)[C@H](OC(=O)[C@H](C)OC(=O)[C@@H](NC(=O)OCc1ccccc1)[C@@H](C)OC(=O)[C@H](CC(C)C)O[Si](c1ccccc1)(c1ccccc1)C(C)(C)C)C(=O)OC(C)(C)C. The summed E-state index contributed by atoms with van der Waals surface area (Å²) in [6, 6.07) is 27.0. The Morgan fingerprint density at radius 1 is 0.650 bits per heavy atom. The molecule has 1 amide bonds. The van der Waals surface area contributed by atoms with E-state index >= 15 is 0 Å². The molecule has 13 heteroatoms. The van der Waals surface area contributed by atoms with Crippen molar-refractivity contribution in [3.05, 3.63) is 96.6 Å². The van der Waals surface area contributed by atoms with E-state index in [0.717, 1.165) is 10.4 Å². The van der Waals surface area contributed by atoms with Crippen LogP contribution < -0.4 is 15.7 Å². The molecule has 12 nitrogen and oxygen atoms in total. The molecule has 60 heavy (non-hydrogen) atoms. The average Bonchev–Trinajstić information content (AvgIpc) is 3.18. The summed E-state index contributed by atoms with van der Waals surface area (Å²) in [7, 11) is -3.26. The summed E-state index contributed by atoms with van der Waals surface area (Å²) >= 11 is 0. The molecule has 3 aromatic carbocycles. The van der Waals surface area contributed by atoms with Gasteiger partial charge in [0.1, 0.15) is 24.4 Å². The maximum Gasteiger partial charge on any atom is 0.408 e. The van der Waals surface area contributed by atoms with Crippen molar-refractivity contribution < 1.29 is 52.1 Å². The molecule has 0 fully saturated rings. The number of carbonyl (C=O) groups is 5. The van der Waals surface area contributed by atoms with Crippen LogP contribution in [0.5, 0.6) is 0 Å². The third-order valence-electron chi connectivity index (χ3n) is 9.86. The van der Waals surface area contributed by atoms with Crippen molar-refractivity contribution in [2.24, 2.45) is 11.8 Å². The summed E-state index contributed by atoms with van der Waals surface area (Å²) in [5, 5.41) is 3.95. The van der Waals surface area contributed by atoms with Crippen LogP contribution in [0.3, 0.4) is 0 Å². The van der Waals surface area contributed by atoms with Gasteiger partial charge in [0.25, 0.3) is 8.32 Å². The Hall–Kier alpha value is -5.01. The molecule has 0 radical (unpaired) electrons. The van der Waals surface area contributed by atoms with Gasteiger partial charge in [0.15, 0.2) is 12.1 Å². The van der Waals surface area contributed by atoms with Gasteiger partial charge in [0.2, 0.25) is 6.10 Å². The highest BCUT2D eigenvalue weighted by atomic mass is 28.4. The Bertz CT molecular complexity index is 1800. The van der Waals surface area contributed by atoms with E-state index in [-0.39, 0.29) is 18.9 Å². The zero-order valence-corrected chi connectivity index (χ0v) is 38.3. The second-order valence-corrected chi connectivity index (χ2v) is 21.8. The highest BCUT2D eigenvalue weighted by Gasteiger charge is 2.53. The van der Waals surface area contributed by atoms with Gasteiger partial charge in [0.05, 0.1) is 0 Å². The second-order valence-electron chi connectivity index (χ2n) is 17.6. The van der Waals surface area contributed by atoms with E-state index < -0.39 is 85.3 Å². The third-order valence-corrected chi connectivity index (χ3v) is 14.9. The molecule has 0 aromatic heterocycles. The van der Waals surface area contributed by atoms with Crippen LogP contribution >= 0.6 is 0 Å². The number of esters is 4. The summed E-state index contributed by atoms with van der Waals surface area (Å²) in [5.74, 6) is -4.02. The van der Waals surface area contributed by atoms with Gasteiger partial charge in [-0.25, -0.2) is 24.0 Å². The zero-order valence-electron chi connectivity index (χ0n) is 37.3. The Balaban J connectivity index is 1.96. The predicted octanol–water partition coefficient (Wildman–Crippen LogP) is 7.44. The number of amides is 1. The molecule has 0 saturated carbocycles. The van der Waals surface area contributed by atoms with Crippen LogP contribution in [0.4, 0.5) is 4.79 Å². The van der Waals surface area contributed by atoms with Crippen molar-refractivity contribution in [1.82, 2.24) is 5.32 Å². The normalized spacial score (nSPS) is 15.0. The van der Waals surface area contributed by atoms with E-state index in [2.05, 4.69) is 26.1 Å². The Morgan fingerprint density at radius 2 is 1.17 bits per heavy atom. The molecule has 3 aromatic rings. The van der Waals surface area contributed by atoms with E-state index in [1.165, 1.54) is 13.8 Å². The molecule has 1 N–H and O–H groups in total. The lowest BCUT2D eigenvalue weighted by atomic mass is 10.0. The number of hydrogen-bond donors (Lipinski definition) is 1. The maximum absolute atomic E-state index is 14.4. The minimum atomic E-state index is -3.26. The van der Waals surface area contributed by atoms with Crippen LogP contribution in [-0.4, -0.2) is 74.3 Å². The van der Waals surface area contributed by atoms with Crippen molar-refractivity contribution in [2.45, 2.75) is 144 Å². The fraction of sp³-hybridized carbons (Fsp3) is 0.511. The number of nitrogens with one attached hydrogen (secondary N) is 1. The monoisotopic (exact) mass is 847 g/mol. The quantitative estimate of drug-likeness (QED) is 0.0728. The van der Waals surface area contributed by atoms with Crippen LogP contribution in [-0.2, 0) is 53.9 Å². The molecular weight excluding hydrogens is 783 g/mol. The van der Waals surface area contributed by atoms with Crippen LogP contribution in [0.1, 0.15) is 101 Å². The number of ether oxygens (including phenoxy) is 5. The van der Waals surface area contributed by atoms with E-state index in [1.54, 1.807) is 52.0 Å². The third kappa shape index (κ3) is 14.0. The van der Waals surface area contributed by atoms with Gasteiger partial charge >= 0.3 is 30.0 Å². The van der Waals surface area contributed by atoms with Gasteiger partial charge in [0, 0.05) is 5.92 Å². The number of rotatable bonds is 19. The second kappa shape index (κ2) is 22.0. The van der Waals surface area contributed by atoms with E-state index in [4.69, 9.17) is 28.1 Å². The molecule has 328 valence electrons. The lowest BCUT2D eigenvalue weighted by Crippen LogP contribution is -2.68. The Labute approximate surface area is 357 Å². The molecule has 1 unspecified atom stereocenters. The molecule has 6 atom stereocenters. The van der Waals surface area contributed by atoms with Crippen LogP contribution in [0.25, 0.3) is 0 Å². The minimum absolute atomic E-state index is 0.00489. The van der Waals surface area contributed by atoms with Crippen LogP contribution in [0, 0.1) is 11.8 Å². The summed E-state index contributed by atoms with van der Waals surface area (Å²) < 4.78 is 35.3. The molecule has 0 spiro atoms. The summed E-state index contributed by atoms with van der Waals surface area (Å²) in [4.78, 5) is 68.0. The fourth-order valence-electron chi connectivity index (χ4n) is 6.60. The Morgan fingerprint density at radius 3 is 1.63 bits per heavy atom. The number of benzene rings is 3. The minimum Gasteiger partial charge on any atom is -0.458 e. The molecule has 0 aliphatic carbocycles. The van der Waals surface area contributed by atoms with Crippen molar-refractivity contribution in [3.8, 4) is 0 Å². The molecular formula is C47H65NO11Si. The first-order valence-electron chi connectivity index (χ1n) is 20.7. The van der Waals surface area contributed by atoms with Crippen molar-refractivity contribution in [3.63, 3.8) is 0 Å². The van der Waals surface area contributed by atoms with E-state index in [9.17, 15) is 24.0 Å². The van der Waals surface area contributed by atoms with Gasteiger partial charge < -0.3 is 33.4 Å². The van der Waals surface area contributed by atoms with Crippen LogP contribution in [0.15, 0.2) is 91.0 Å². The Kier molecular flexibility index (Phi) is 18.1. The molecule has 0 bridgehead atoms. The number of carbonyl (C=O) groups excluding carboxylic acids is 5. The first-order chi connectivity index (χ1) is 28.1. The highest BCUT2D eigenvalue weighted by Crippen LogP contribution is 2.38. The van der Waals surface area contributed by atoms with Gasteiger partial charge in [-0.15, -0.1) is 0 Å². The van der Waals surface area contributed by atoms with Gasteiger partial charge in [-0.05, 0) is 74.4 Å². The van der Waals surface area contributed by atoms with Gasteiger partial charge in [-0.1, -0.05) is 139 Å². The molecule has 0 saturated heterocycles. The summed E-state index contributed by atoms with van der Waals surface area (Å²) in [6.07, 6.45) is -5.45. The maximum atomic E-state index is 14.4. The standard InChI is InChI=1S/C47H65NO11Si/c1-13-32(4)40(44(52)58-46(7,8)9)57-41(49)34(6)56-43(51)39(48-45(53)54-30-35-23-17-14-18-24-35)33(5)55-42(50)38(29-31(2)3)59-60(47(10,11)12,36-25-19-15-20-26-36)37-27-21-16-22-28-37/h14-28,31-34,38-40H,13,29-30H2,1-12H3,(H,48,53)/t32?,33-,34+,38+,39+,40+/m1/s1. The predicted molar refractivity (Wildman–Crippen MR) is 232 cm³/mol. The zero-order chi connectivity index (χ0) is 44.8. The van der Waals surface area contributed by atoms with E-state index in [0.29, 0.717) is 12.0 Å². The lowest BCUT2D eigenvalue weighted by molar-refractivity contribution is -0.187. The van der Waals surface area contributed by atoms with Crippen molar-refractivity contribution in [1.29, 1.82) is 0 Å². The molecule has 0 aliphatic rings. The number of alkyl carbamates (subject to hydrolysis) is 1. The summed E-state index contributed by atoms with van der Waals surface area (Å²) in [5.41, 5.74) is -0.145. The first kappa shape index (κ1) is 49.3. The molecule has 3 rings (SSSR count). The fourth-order valence-corrected chi connectivity index (χ4v) is 11.2. The smallest absolute Gasteiger partial charge is 0.408 e. The lowest BCUT2D eigenvalue weighted by Gasteiger charge is -2.45. The molecule has 0 aliphatic heterocycles. The van der Waals surface area contributed by atoms with Crippen LogP contribution in [0.2, 0.25) is 5.04 Å². The van der Waals surface area contributed by atoms with Gasteiger partial charge in [-0.3, -0.25) is 0 Å². The average molecular weight is 848 g/mol. The number of hydrogen-bond acceptors (Lipinski definition) is 11. The topological polar surface area (TPSA) is 153 Å². The first-order valence-corrected chi connectivity index (χ1v) is 22.6. The largest absolute Gasteiger partial charge is 0.458 e. The summed E-state index contributed by atoms with van der Waals surface area (Å²) in [6.45, 7) is 21.5. The van der Waals surface area contributed by atoms with Crippen molar-refractivity contribution >= 4 is 48.7 Å². The van der Waals surface area contributed by atoms with Crippen molar-refractivity contribution in [2.75, 3.05) is 0 Å². The van der Waals surface area contributed by atoms with E-state index in [1.807, 2.05) is 87.5 Å².